The van der Waals surface area contributed by atoms with Crippen LogP contribution in [0.15, 0.2) is 72.9 Å². The van der Waals surface area contributed by atoms with Gasteiger partial charge in [0.25, 0.3) is 5.91 Å². The molecule has 0 atom stereocenters. The van der Waals surface area contributed by atoms with Gasteiger partial charge in [-0.05, 0) is 37.4 Å². The minimum Gasteiger partial charge on any atom is -0.507 e. The molecule has 186 valence electrons. The number of hydrogen-bond acceptors (Lipinski definition) is 6. The van der Waals surface area contributed by atoms with E-state index in [-0.39, 0.29) is 34.9 Å². The molecule has 0 aliphatic rings. The van der Waals surface area contributed by atoms with Crippen molar-refractivity contribution in [3.63, 3.8) is 0 Å². The zero-order valence-corrected chi connectivity index (χ0v) is 20.0. The number of amides is 1. The summed E-state index contributed by atoms with van der Waals surface area (Å²) in [4.78, 5) is 14.8. The summed E-state index contributed by atoms with van der Waals surface area (Å²) in [6.07, 6.45) is 1.46. The molecule has 0 saturated carbocycles. The highest BCUT2D eigenvalue weighted by molar-refractivity contribution is 5.98. The normalized spacial score (nSPS) is 10.9. The van der Waals surface area contributed by atoms with Crippen molar-refractivity contribution in [1.29, 1.82) is 0 Å². The SMILES string of the molecule is CNCCOc1ccccc1CN(C)C(=O)c1cc(-c2ccnn2-c2ccccc2F)c(O)cc1O. The molecule has 0 aliphatic carbocycles. The van der Waals surface area contributed by atoms with Gasteiger partial charge in [0.2, 0.25) is 0 Å². The number of nitrogens with one attached hydrogen (secondary N) is 1. The van der Waals surface area contributed by atoms with Crippen LogP contribution in [0.2, 0.25) is 0 Å². The lowest BCUT2D eigenvalue weighted by Gasteiger charge is -2.21. The number of nitrogens with zero attached hydrogens (tertiary/aromatic N) is 3. The van der Waals surface area contributed by atoms with Crippen molar-refractivity contribution in [2.45, 2.75) is 6.54 Å². The monoisotopic (exact) mass is 490 g/mol. The molecule has 8 nitrogen and oxygen atoms in total. The molecule has 3 N–H and O–H groups in total. The standard InChI is InChI=1S/C27H27FN4O4/c1-29-13-14-36-26-10-6-3-7-18(26)17-31(2)27(35)20-15-19(24(33)16-25(20)34)22-11-12-30-32(22)23-9-5-4-8-21(23)28/h3-12,15-16,29,33-34H,13-14,17H2,1-2H3. The van der Waals surface area contributed by atoms with Crippen molar-refractivity contribution in [2.75, 3.05) is 27.2 Å². The highest BCUT2D eigenvalue weighted by atomic mass is 19.1. The number of ether oxygens (including phenoxy) is 1. The Hall–Kier alpha value is -4.37. The summed E-state index contributed by atoms with van der Waals surface area (Å²) in [6, 6.07) is 17.6. The Kier molecular flexibility index (Phi) is 7.50. The average molecular weight is 491 g/mol. The van der Waals surface area contributed by atoms with Crippen molar-refractivity contribution in [2.24, 2.45) is 0 Å². The summed E-state index contributed by atoms with van der Waals surface area (Å²) in [5, 5.41) is 28.3. The second-order valence-corrected chi connectivity index (χ2v) is 8.19. The maximum absolute atomic E-state index is 14.4. The summed E-state index contributed by atoms with van der Waals surface area (Å²) in [6.45, 7) is 1.39. The molecular formula is C27H27FN4O4. The fourth-order valence-corrected chi connectivity index (χ4v) is 3.85. The van der Waals surface area contributed by atoms with E-state index >= 15 is 0 Å². The number of carbonyl (C=O) groups is 1. The zero-order chi connectivity index (χ0) is 25.7. The molecule has 1 heterocycles. The minimum absolute atomic E-state index is 0.0137. The average Bonchev–Trinajstić information content (AvgIpc) is 3.34. The summed E-state index contributed by atoms with van der Waals surface area (Å²) in [7, 11) is 3.45. The van der Waals surface area contributed by atoms with Crippen LogP contribution in [-0.2, 0) is 6.54 Å². The van der Waals surface area contributed by atoms with Gasteiger partial charge < -0.3 is 25.2 Å². The number of phenols is 2. The lowest BCUT2D eigenvalue weighted by Crippen LogP contribution is -2.27. The third-order valence-electron chi connectivity index (χ3n) is 5.68. The van der Waals surface area contributed by atoms with Crippen LogP contribution < -0.4 is 10.1 Å². The predicted octanol–water partition coefficient (Wildman–Crippen LogP) is 3.96. The molecule has 4 aromatic rings. The Morgan fingerprint density at radius 2 is 1.83 bits per heavy atom. The lowest BCUT2D eigenvalue weighted by atomic mass is 10.0. The van der Waals surface area contributed by atoms with E-state index in [1.54, 1.807) is 31.3 Å². The maximum atomic E-state index is 14.4. The van der Waals surface area contributed by atoms with E-state index in [2.05, 4.69) is 10.4 Å². The predicted molar refractivity (Wildman–Crippen MR) is 134 cm³/mol. The smallest absolute Gasteiger partial charge is 0.257 e. The van der Waals surface area contributed by atoms with E-state index < -0.39 is 11.7 Å². The number of rotatable bonds is 9. The van der Waals surface area contributed by atoms with Crippen molar-refractivity contribution in [1.82, 2.24) is 20.0 Å². The van der Waals surface area contributed by atoms with Gasteiger partial charge in [-0.2, -0.15) is 5.10 Å². The van der Waals surface area contributed by atoms with Crippen molar-refractivity contribution in [3.05, 3.63) is 89.9 Å². The molecule has 0 fully saturated rings. The number of aromatic nitrogens is 2. The van der Waals surface area contributed by atoms with E-state index in [0.29, 0.717) is 24.6 Å². The van der Waals surface area contributed by atoms with Gasteiger partial charge in [0.1, 0.15) is 35.4 Å². The van der Waals surface area contributed by atoms with Crippen LogP contribution in [-0.4, -0.2) is 58.0 Å². The van der Waals surface area contributed by atoms with Crippen LogP contribution in [0.4, 0.5) is 4.39 Å². The molecule has 36 heavy (non-hydrogen) atoms. The topological polar surface area (TPSA) is 99.9 Å². The van der Waals surface area contributed by atoms with Gasteiger partial charge in [-0.1, -0.05) is 30.3 Å². The first-order valence-corrected chi connectivity index (χ1v) is 11.4. The molecule has 9 heteroatoms. The summed E-state index contributed by atoms with van der Waals surface area (Å²) >= 11 is 0. The summed E-state index contributed by atoms with van der Waals surface area (Å²) in [5.74, 6) is -0.934. The van der Waals surface area contributed by atoms with Crippen molar-refractivity contribution >= 4 is 5.91 Å². The van der Waals surface area contributed by atoms with Gasteiger partial charge in [-0.3, -0.25) is 4.79 Å². The number of aromatic hydroxyl groups is 2. The number of para-hydroxylation sites is 2. The molecule has 0 unspecified atom stereocenters. The number of likely N-dealkylation sites (N-methyl/N-ethyl adjacent to an activating group) is 1. The number of benzene rings is 3. The Balaban J connectivity index is 1.64. The van der Waals surface area contributed by atoms with Gasteiger partial charge in [-0.25, -0.2) is 9.07 Å². The molecule has 0 bridgehead atoms. The lowest BCUT2D eigenvalue weighted by molar-refractivity contribution is 0.0781. The van der Waals surface area contributed by atoms with Crippen LogP contribution in [0.1, 0.15) is 15.9 Å². The maximum Gasteiger partial charge on any atom is 0.257 e. The third-order valence-corrected chi connectivity index (χ3v) is 5.68. The van der Waals surface area contributed by atoms with E-state index in [1.165, 1.54) is 27.9 Å². The first-order chi connectivity index (χ1) is 17.4. The van der Waals surface area contributed by atoms with Crippen LogP contribution in [0.3, 0.4) is 0 Å². The van der Waals surface area contributed by atoms with E-state index in [9.17, 15) is 19.4 Å². The molecule has 0 saturated heterocycles. The fourth-order valence-electron chi connectivity index (χ4n) is 3.85. The number of hydrogen-bond donors (Lipinski definition) is 3. The zero-order valence-electron chi connectivity index (χ0n) is 20.0. The molecule has 3 aromatic carbocycles. The van der Waals surface area contributed by atoms with Gasteiger partial charge in [0, 0.05) is 37.3 Å². The molecule has 0 aliphatic heterocycles. The van der Waals surface area contributed by atoms with Gasteiger partial charge >= 0.3 is 0 Å². The quantitative estimate of drug-likeness (QED) is 0.307. The highest BCUT2D eigenvalue weighted by Crippen LogP contribution is 2.36. The van der Waals surface area contributed by atoms with Crippen LogP contribution >= 0.6 is 0 Å². The van der Waals surface area contributed by atoms with Gasteiger partial charge in [0.15, 0.2) is 0 Å². The molecule has 4 rings (SSSR count). The Morgan fingerprint density at radius 3 is 2.61 bits per heavy atom. The summed E-state index contributed by atoms with van der Waals surface area (Å²) < 4.78 is 21.6. The minimum atomic E-state index is -0.493. The van der Waals surface area contributed by atoms with E-state index in [1.807, 2.05) is 31.3 Å². The first kappa shape index (κ1) is 24.7. The van der Waals surface area contributed by atoms with E-state index in [4.69, 9.17) is 4.74 Å². The number of carbonyl (C=O) groups excluding carboxylic acids is 1. The molecular weight excluding hydrogens is 463 g/mol. The second kappa shape index (κ2) is 10.9. The Morgan fingerprint density at radius 1 is 1.08 bits per heavy atom. The fraction of sp³-hybridized carbons (Fsp3) is 0.185. The number of halogens is 1. The van der Waals surface area contributed by atoms with Crippen molar-refractivity contribution < 1.29 is 24.1 Å². The second-order valence-electron chi connectivity index (χ2n) is 8.19. The summed E-state index contributed by atoms with van der Waals surface area (Å²) in [5.41, 5.74) is 1.56. The van der Waals surface area contributed by atoms with E-state index in [0.717, 1.165) is 11.6 Å². The molecule has 0 spiro atoms. The molecule has 1 amide bonds. The Labute approximate surface area is 208 Å². The van der Waals surface area contributed by atoms with Crippen molar-refractivity contribution in [3.8, 4) is 34.2 Å². The van der Waals surface area contributed by atoms with Crippen LogP contribution in [0.5, 0.6) is 17.2 Å². The van der Waals surface area contributed by atoms with Gasteiger partial charge in [0.05, 0.1) is 17.5 Å². The molecule has 1 aromatic heterocycles. The van der Waals surface area contributed by atoms with Crippen LogP contribution in [0.25, 0.3) is 16.9 Å². The van der Waals surface area contributed by atoms with Gasteiger partial charge in [-0.15, -0.1) is 0 Å². The molecule has 0 radical (unpaired) electrons. The highest BCUT2D eigenvalue weighted by Gasteiger charge is 2.22. The Bertz CT molecular complexity index is 1370. The first-order valence-electron chi connectivity index (χ1n) is 11.4. The number of phenolic OH excluding ortho intramolecular Hbond substituents is 2. The van der Waals surface area contributed by atoms with Crippen LogP contribution in [0, 0.1) is 5.82 Å². The largest absolute Gasteiger partial charge is 0.507 e. The third kappa shape index (κ3) is 5.16.